The Morgan fingerprint density at radius 1 is 0.853 bits per heavy atom. The monoisotopic (exact) mass is 463 g/mol. The molecule has 2 saturated heterocycles. The molecule has 184 valence electrons. The van der Waals surface area contributed by atoms with E-state index < -0.39 is 0 Å². The Bertz CT molecular complexity index is 883. The zero-order chi connectivity index (χ0) is 23.6. The third-order valence-electron chi connectivity index (χ3n) is 7.17. The second kappa shape index (κ2) is 12.9. The van der Waals surface area contributed by atoms with Crippen LogP contribution in [0.5, 0.6) is 5.75 Å². The van der Waals surface area contributed by atoms with Crippen LogP contribution < -0.4 is 10.1 Å². The summed E-state index contributed by atoms with van der Waals surface area (Å²) in [5.74, 6) is 1.25. The molecule has 0 unspecified atom stereocenters. The number of carbonyl (C=O) groups excluding carboxylic acids is 1. The molecule has 2 heterocycles. The molecule has 1 amide bonds. The minimum absolute atomic E-state index is 0.119. The van der Waals surface area contributed by atoms with E-state index >= 15 is 0 Å². The Morgan fingerprint density at radius 2 is 1.50 bits per heavy atom. The van der Waals surface area contributed by atoms with Crippen LogP contribution in [0.3, 0.4) is 0 Å². The second-order valence-corrected chi connectivity index (χ2v) is 9.86. The Balaban J connectivity index is 1.17. The number of piperidine rings is 1. The number of hydrogen-bond donors (Lipinski definition) is 1. The zero-order valence-corrected chi connectivity index (χ0v) is 20.8. The number of benzene rings is 2. The maximum Gasteiger partial charge on any atom is 0.223 e. The van der Waals surface area contributed by atoms with Gasteiger partial charge in [0.25, 0.3) is 0 Å². The number of nitrogens with zero attached hydrogens (tertiary/aromatic N) is 2. The number of likely N-dealkylation sites (tertiary alicyclic amines) is 2. The molecule has 4 rings (SSSR count). The van der Waals surface area contributed by atoms with Gasteiger partial charge in [-0.25, -0.2) is 0 Å². The summed E-state index contributed by atoms with van der Waals surface area (Å²) < 4.78 is 5.62. The molecule has 0 radical (unpaired) electrons. The molecule has 0 aliphatic carbocycles. The lowest BCUT2D eigenvalue weighted by Crippen LogP contribution is -2.40. The number of hydrogen-bond acceptors (Lipinski definition) is 4. The lowest BCUT2D eigenvalue weighted by molar-refractivity contribution is -0.126. The van der Waals surface area contributed by atoms with Gasteiger partial charge < -0.3 is 10.1 Å². The van der Waals surface area contributed by atoms with Crippen LogP contribution in [0.15, 0.2) is 48.5 Å². The number of rotatable bonds is 9. The van der Waals surface area contributed by atoms with Crippen LogP contribution in [-0.4, -0.2) is 48.5 Å². The molecule has 0 saturated carbocycles. The fraction of sp³-hybridized carbons (Fsp3) is 0.552. The molecule has 2 aromatic rings. The molecule has 0 atom stereocenters. The van der Waals surface area contributed by atoms with Gasteiger partial charge in [-0.05, 0) is 87.6 Å². The van der Waals surface area contributed by atoms with Gasteiger partial charge >= 0.3 is 0 Å². The highest BCUT2D eigenvalue weighted by Crippen LogP contribution is 2.21. The SMILES string of the molecule is CCOc1cccc(CN2CCC(C(=O)NCc3ccc(CN4CCCCCC4)cc3)CC2)c1. The van der Waals surface area contributed by atoms with Gasteiger partial charge in [-0.2, -0.15) is 0 Å². The van der Waals surface area contributed by atoms with E-state index in [2.05, 4.69) is 57.6 Å². The summed E-state index contributed by atoms with van der Waals surface area (Å²) in [5.41, 5.74) is 3.82. The highest BCUT2D eigenvalue weighted by atomic mass is 16.5. The maximum atomic E-state index is 12.8. The van der Waals surface area contributed by atoms with E-state index in [0.717, 1.165) is 44.8 Å². The number of carbonyl (C=O) groups is 1. The number of amides is 1. The zero-order valence-electron chi connectivity index (χ0n) is 20.8. The van der Waals surface area contributed by atoms with Gasteiger partial charge in [-0.15, -0.1) is 0 Å². The predicted octanol–water partition coefficient (Wildman–Crippen LogP) is 4.99. The van der Waals surface area contributed by atoms with Crippen molar-refractivity contribution in [2.24, 2.45) is 5.92 Å². The van der Waals surface area contributed by atoms with Crippen molar-refractivity contribution in [2.45, 2.75) is 65.1 Å². The van der Waals surface area contributed by atoms with Crippen LogP contribution >= 0.6 is 0 Å². The van der Waals surface area contributed by atoms with Gasteiger partial charge in [-0.1, -0.05) is 49.2 Å². The Hall–Kier alpha value is -2.37. The smallest absolute Gasteiger partial charge is 0.223 e. The fourth-order valence-corrected chi connectivity index (χ4v) is 5.16. The first-order valence-corrected chi connectivity index (χ1v) is 13.2. The predicted molar refractivity (Wildman–Crippen MR) is 138 cm³/mol. The third kappa shape index (κ3) is 7.57. The molecule has 1 N–H and O–H groups in total. The summed E-state index contributed by atoms with van der Waals surface area (Å²) in [6.07, 6.45) is 7.23. The average Bonchev–Trinajstić information content (AvgIpc) is 3.13. The molecule has 5 heteroatoms. The third-order valence-corrected chi connectivity index (χ3v) is 7.17. The summed E-state index contributed by atoms with van der Waals surface area (Å²) in [6, 6.07) is 17.1. The van der Waals surface area contributed by atoms with Crippen LogP contribution in [0.25, 0.3) is 0 Å². The van der Waals surface area contributed by atoms with Crippen LogP contribution in [-0.2, 0) is 24.4 Å². The summed E-state index contributed by atoms with van der Waals surface area (Å²) in [4.78, 5) is 17.8. The van der Waals surface area contributed by atoms with Crippen LogP contribution in [0, 0.1) is 5.92 Å². The molecule has 0 spiro atoms. The van der Waals surface area contributed by atoms with E-state index in [-0.39, 0.29) is 11.8 Å². The normalized spacial score (nSPS) is 18.4. The quantitative estimate of drug-likeness (QED) is 0.569. The Morgan fingerprint density at radius 3 is 2.21 bits per heavy atom. The first-order valence-electron chi connectivity index (χ1n) is 13.2. The van der Waals surface area contributed by atoms with Crippen LogP contribution in [0.1, 0.15) is 62.1 Å². The van der Waals surface area contributed by atoms with Crippen molar-refractivity contribution in [3.05, 3.63) is 65.2 Å². The molecular formula is C29H41N3O2. The van der Waals surface area contributed by atoms with Crippen LogP contribution in [0.4, 0.5) is 0 Å². The van der Waals surface area contributed by atoms with Gasteiger partial charge in [0.1, 0.15) is 5.75 Å². The molecule has 0 aromatic heterocycles. The number of ether oxygens (including phenoxy) is 1. The highest BCUT2D eigenvalue weighted by Gasteiger charge is 2.24. The van der Waals surface area contributed by atoms with Crippen molar-refractivity contribution in [2.75, 3.05) is 32.8 Å². The lowest BCUT2D eigenvalue weighted by atomic mass is 9.95. The molecule has 2 aromatic carbocycles. The molecule has 34 heavy (non-hydrogen) atoms. The van der Waals surface area contributed by atoms with Crippen molar-refractivity contribution < 1.29 is 9.53 Å². The van der Waals surface area contributed by atoms with Gasteiger partial charge in [0.2, 0.25) is 5.91 Å². The minimum atomic E-state index is 0.119. The summed E-state index contributed by atoms with van der Waals surface area (Å²) in [7, 11) is 0. The van der Waals surface area contributed by atoms with E-state index in [0.29, 0.717) is 13.2 Å². The largest absolute Gasteiger partial charge is 0.494 e. The van der Waals surface area contributed by atoms with Gasteiger partial charge in [0, 0.05) is 25.6 Å². The Kier molecular flexibility index (Phi) is 9.40. The lowest BCUT2D eigenvalue weighted by Gasteiger charge is -2.31. The first-order chi connectivity index (χ1) is 16.7. The number of nitrogens with one attached hydrogen (secondary N) is 1. The molecule has 2 aliphatic rings. The minimum Gasteiger partial charge on any atom is -0.494 e. The summed E-state index contributed by atoms with van der Waals surface area (Å²) in [6.45, 7) is 9.63. The van der Waals surface area contributed by atoms with Gasteiger partial charge in [0.05, 0.1) is 6.61 Å². The van der Waals surface area contributed by atoms with Crippen molar-refractivity contribution in [3.63, 3.8) is 0 Å². The highest BCUT2D eigenvalue weighted by molar-refractivity contribution is 5.78. The molecule has 2 aliphatic heterocycles. The van der Waals surface area contributed by atoms with E-state index in [1.165, 1.54) is 55.5 Å². The van der Waals surface area contributed by atoms with Crippen molar-refractivity contribution >= 4 is 5.91 Å². The topological polar surface area (TPSA) is 44.8 Å². The van der Waals surface area contributed by atoms with Crippen molar-refractivity contribution in [1.29, 1.82) is 0 Å². The van der Waals surface area contributed by atoms with Gasteiger partial charge in [0.15, 0.2) is 0 Å². The van der Waals surface area contributed by atoms with E-state index in [1.54, 1.807) is 0 Å². The first kappa shape index (κ1) is 24.7. The molecule has 2 fully saturated rings. The standard InChI is InChI=1S/C29H41N3O2/c1-2-34-28-9-7-8-26(20-28)23-32-18-14-27(15-19-32)29(33)30-21-24-10-12-25(13-11-24)22-31-16-5-3-4-6-17-31/h7-13,20,27H,2-6,14-19,21-23H2,1H3,(H,30,33). The van der Waals surface area contributed by atoms with Gasteiger partial charge in [-0.3, -0.25) is 14.6 Å². The van der Waals surface area contributed by atoms with E-state index in [1.807, 2.05) is 13.0 Å². The molecule has 5 nitrogen and oxygen atoms in total. The maximum absolute atomic E-state index is 12.8. The average molecular weight is 464 g/mol. The van der Waals surface area contributed by atoms with E-state index in [4.69, 9.17) is 4.74 Å². The second-order valence-electron chi connectivity index (χ2n) is 9.86. The molecule has 0 bridgehead atoms. The van der Waals surface area contributed by atoms with E-state index in [9.17, 15) is 4.79 Å². The Labute approximate surface area is 205 Å². The summed E-state index contributed by atoms with van der Waals surface area (Å²) in [5, 5.41) is 3.18. The van der Waals surface area contributed by atoms with Crippen molar-refractivity contribution in [1.82, 2.24) is 15.1 Å². The fourth-order valence-electron chi connectivity index (χ4n) is 5.16. The molecular weight excluding hydrogens is 422 g/mol. The van der Waals surface area contributed by atoms with Crippen LogP contribution in [0.2, 0.25) is 0 Å². The summed E-state index contributed by atoms with van der Waals surface area (Å²) >= 11 is 0. The van der Waals surface area contributed by atoms with Crippen molar-refractivity contribution in [3.8, 4) is 5.75 Å².